The Labute approximate surface area is 180 Å². The Kier molecular flexibility index (Phi) is 5.41. The molecule has 1 fully saturated rings. The predicted octanol–water partition coefficient (Wildman–Crippen LogP) is 5.38. The maximum atomic E-state index is 13.6. The van der Waals surface area contributed by atoms with Crippen LogP contribution in [0.2, 0.25) is 10.0 Å². The van der Waals surface area contributed by atoms with E-state index >= 15 is 0 Å². The Morgan fingerprint density at radius 1 is 0.862 bits per heavy atom. The molecule has 2 aliphatic heterocycles. The smallest absolute Gasteiger partial charge is 0.282 e. The summed E-state index contributed by atoms with van der Waals surface area (Å²) >= 11 is 12.5. The van der Waals surface area contributed by atoms with Crippen molar-refractivity contribution < 1.29 is 9.59 Å². The maximum absolute atomic E-state index is 13.6. The van der Waals surface area contributed by atoms with Gasteiger partial charge in [-0.25, -0.2) is 4.90 Å². The number of hydrogen-bond acceptors (Lipinski definition) is 3. The standard InChI is InChI=1S/C23H22Cl2N2O2/c1-14-6-7-15(2)19(12-14)27-22(28)20(17-9-8-16(24)13-18(17)25)21(23(27)29)26-10-4-3-5-11-26/h6-9,12-13H,3-5,10-11H2,1-2H3. The van der Waals surface area contributed by atoms with Crippen LogP contribution in [0.1, 0.15) is 36.0 Å². The molecule has 2 aliphatic rings. The quantitative estimate of drug-likeness (QED) is 0.615. The van der Waals surface area contributed by atoms with Crippen LogP contribution in [-0.2, 0) is 9.59 Å². The Morgan fingerprint density at radius 3 is 2.28 bits per heavy atom. The summed E-state index contributed by atoms with van der Waals surface area (Å²) in [6, 6.07) is 10.8. The molecule has 0 radical (unpaired) electrons. The molecular weight excluding hydrogens is 407 g/mol. The van der Waals surface area contributed by atoms with Gasteiger partial charge in [-0.15, -0.1) is 0 Å². The Morgan fingerprint density at radius 2 is 1.59 bits per heavy atom. The average molecular weight is 429 g/mol. The average Bonchev–Trinajstić information content (AvgIpc) is 2.95. The van der Waals surface area contributed by atoms with Gasteiger partial charge in [-0.1, -0.05) is 41.4 Å². The van der Waals surface area contributed by atoms with Crippen molar-refractivity contribution in [2.45, 2.75) is 33.1 Å². The van der Waals surface area contributed by atoms with Crippen LogP contribution in [0.5, 0.6) is 0 Å². The van der Waals surface area contributed by atoms with Gasteiger partial charge in [-0.2, -0.15) is 0 Å². The third-order valence-electron chi connectivity index (χ3n) is 5.54. The monoisotopic (exact) mass is 428 g/mol. The number of carbonyl (C=O) groups is 2. The molecule has 0 saturated carbocycles. The number of carbonyl (C=O) groups excluding carboxylic acids is 2. The molecule has 6 heteroatoms. The maximum Gasteiger partial charge on any atom is 0.282 e. The summed E-state index contributed by atoms with van der Waals surface area (Å²) in [7, 11) is 0. The number of likely N-dealkylation sites (tertiary alicyclic amines) is 1. The molecule has 150 valence electrons. The van der Waals surface area contributed by atoms with Gasteiger partial charge >= 0.3 is 0 Å². The van der Waals surface area contributed by atoms with E-state index in [1.54, 1.807) is 18.2 Å². The summed E-state index contributed by atoms with van der Waals surface area (Å²) in [4.78, 5) is 30.5. The van der Waals surface area contributed by atoms with E-state index in [2.05, 4.69) is 0 Å². The molecule has 0 unspecified atom stereocenters. The van der Waals surface area contributed by atoms with E-state index in [9.17, 15) is 9.59 Å². The molecule has 0 aliphatic carbocycles. The van der Waals surface area contributed by atoms with Crippen molar-refractivity contribution in [3.05, 3.63) is 68.8 Å². The van der Waals surface area contributed by atoms with Gasteiger partial charge in [0.25, 0.3) is 11.8 Å². The highest BCUT2D eigenvalue weighted by Gasteiger charge is 2.43. The lowest BCUT2D eigenvalue weighted by Gasteiger charge is -2.30. The van der Waals surface area contributed by atoms with Crippen molar-refractivity contribution in [3.8, 4) is 0 Å². The van der Waals surface area contributed by atoms with Gasteiger partial charge in [0.2, 0.25) is 0 Å². The van der Waals surface area contributed by atoms with Crippen molar-refractivity contribution in [1.82, 2.24) is 4.90 Å². The van der Waals surface area contributed by atoms with Crippen LogP contribution in [0.15, 0.2) is 42.1 Å². The number of benzene rings is 2. The summed E-state index contributed by atoms with van der Waals surface area (Å²) in [5.41, 5.74) is 3.83. The van der Waals surface area contributed by atoms with E-state index in [1.807, 2.05) is 36.9 Å². The number of rotatable bonds is 3. The largest absolute Gasteiger partial charge is 0.366 e. The van der Waals surface area contributed by atoms with Gasteiger partial charge < -0.3 is 4.90 Å². The van der Waals surface area contributed by atoms with Gasteiger partial charge in [0.05, 0.1) is 16.3 Å². The van der Waals surface area contributed by atoms with E-state index in [0.717, 1.165) is 43.5 Å². The number of hydrogen-bond donors (Lipinski definition) is 0. The van der Waals surface area contributed by atoms with Crippen LogP contribution in [0, 0.1) is 13.8 Å². The van der Waals surface area contributed by atoms with E-state index in [0.29, 0.717) is 32.6 Å². The van der Waals surface area contributed by atoms with E-state index < -0.39 is 0 Å². The third kappa shape index (κ3) is 3.56. The Balaban J connectivity index is 1.89. The van der Waals surface area contributed by atoms with Crippen LogP contribution in [-0.4, -0.2) is 29.8 Å². The first-order chi connectivity index (χ1) is 13.9. The molecule has 1 saturated heterocycles. The second-order valence-electron chi connectivity index (χ2n) is 7.63. The third-order valence-corrected chi connectivity index (χ3v) is 6.09. The minimum absolute atomic E-state index is 0.286. The highest BCUT2D eigenvalue weighted by atomic mass is 35.5. The first-order valence-electron chi connectivity index (χ1n) is 9.79. The highest BCUT2D eigenvalue weighted by Crippen LogP contribution is 2.39. The second-order valence-corrected chi connectivity index (χ2v) is 8.47. The fourth-order valence-electron chi connectivity index (χ4n) is 4.04. The summed E-state index contributed by atoms with van der Waals surface area (Å²) in [5, 5.41) is 0.855. The normalized spacial score (nSPS) is 17.5. The molecule has 4 nitrogen and oxygen atoms in total. The first kappa shape index (κ1) is 20.0. The van der Waals surface area contributed by atoms with Crippen molar-refractivity contribution in [3.63, 3.8) is 0 Å². The van der Waals surface area contributed by atoms with Gasteiger partial charge in [0, 0.05) is 23.7 Å². The van der Waals surface area contributed by atoms with Gasteiger partial charge in [0.15, 0.2) is 0 Å². The molecule has 2 amide bonds. The predicted molar refractivity (Wildman–Crippen MR) is 117 cm³/mol. The van der Waals surface area contributed by atoms with Crippen LogP contribution in [0.25, 0.3) is 5.57 Å². The summed E-state index contributed by atoms with van der Waals surface area (Å²) in [6.07, 6.45) is 3.12. The molecule has 0 atom stereocenters. The van der Waals surface area contributed by atoms with Gasteiger partial charge in [0.1, 0.15) is 5.70 Å². The molecule has 0 aromatic heterocycles. The van der Waals surface area contributed by atoms with Crippen LogP contribution >= 0.6 is 23.2 Å². The van der Waals surface area contributed by atoms with Gasteiger partial charge in [-0.05, 0) is 62.4 Å². The zero-order valence-electron chi connectivity index (χ0n) is 16.5. The number of anilines is 1. The van der Waals surface area contributed by atoms with E-state index in [4.69, 9.17) is 23.2 Å². The zero-order chi connectivity index (χ0) is 20.7. The molecular formula is C23H22Cl2N2O2. The SMILES string of the molecule is Cc1ccc(C)c(N2C(=O)C(c3ccc(Cl)cc3Cl)=C(N3CCCCC3)C2=O)c1. The molecule has 29 heavy (non-hydrogen) atoms. The Hall–Kier alpha value is -2.30. The minimum atomic E-state index is -0.339. The van der Waals surface area contributed by atoms with Crippen LogP contribution in [0.4, 0.5) is 5.69 Å². The van der Waals surface area contributed by atoms with Crippen LogP contribution in [0.3, 0.4) is 0 Å². The number of amides is 2. The number of halogens is 2. The summed E-state index contributed by atoms with van der Waals surface area (Å²) in [6.45, 7) is 5.36. The lowest BCUT2D eigenvalue weighted by atomic mass is 10.0. The van der Waals surface area contributed by atoms with Crippen molar-refractivity contribution in [1.29, 1.82) is 0 Å². The molecule has 2 aromatic carbocycles. The molecule has 4 rings (SSSR count). The lowest BCUT2D eigenvalue weighted by molar-refractivity contribution is -0.120. The first-order valence-corrected chi connectivity index (χ1v) is 10.5. The Bertz CT molecular complexity index is 1040. The molecule has 0 N–H and O–H groups in total. The summed E-state index contributed by atoms with van der Waals surface area (Å²) < 4.78 is 0. The van der Waals surface area contributed by atoms with Crippen LogP contribution < -0.4 is 4.90 Å². The van der Waals surface area contributed by atoms with Gasteiger partial charge in [-0.3, -0.25) is 9.59 Å². The number of aryl methyl sites for hydroxylation is 2. The fraction of sp³-hybridized carbons (Fsp3) is 0.304. The second kappa shape index (κ2) is 7.85. The number of nitrogens with zero attached hydrogens (tertiary/aromatic N) is 2. The number of imide groups is 1. The van der Waals surface area contributed by atoms with Crippen molar-refractivity contribution in [2.24, 2.45) is 0 Å². The molecule has 2 heterocycles. The van der Waals surface area contributed by atoms with Crippen molar-refractivity contribution in [2.75, 3.05) is 18.0 Å². The molecule has 2 aromatic rings. The molecule has 0 bridgehead atoms. The summed E-state index contributed by atoms with van der Waals surface area (Å²) in [5.74, 6) is -0.625. The van der Waals surface area contributed by atoms with Crippen molar-refractivity contribution >= 4 is 46.3 Å². The lowest BCUT2D eigenvalue weighted by Crippen LogP contribution is -2.37. The number of piperidine rings is 1. The highest BCUT2D eigenvalue weighted by molar-refractivity contribution is 6.47. The fourth-order valence-corrected chi connectivity index (χ4v) is 4.55. The topological polar surface area (TPSA) is 40.6 Å². The zero-order valence-corrected chi connectivity index (χ0v) is 18.0. The molecule has 0 spiro atoms. The van der Waals surface area contributed by atoms with E-state index in [1.165, 1.54) is 4.90 Å². The minimum Gasteiger partial charge on any atom is -0.366 e. The van der Waals surface area contributed by atoms with E-state index in [-0.39, 0.29) is 11.8 Å².